The van der Waals surface area contributed by atoms with E-state index in [9.17, 15) is 14.7 Å². The van der Waals surface area contributed by atoms with Crippen LogP contribution in [0.5, 0.6) is 0 Å². The van der Waals surface area contributed by atoms with Crippen LogP contribution in [-0.4, -0.2) is 27.6 Å². The van der Waals surface area contributed by atoms with Crippen molar-refractivity contribution < 1.29 is 19.8 Å². The zero-order chi connectivity index (χ0) is 18.7. The summed E-state index contributed by atoms with van der Waals surface area (Å²) in [5.41, 5.74) is 0.179. The van der Waals surface area contributed by atoms with E-state index in [1.165, 1.54) is 5.57 Å². The Balaban J connectivity index is 1.66. The largest absolute Gasteiger partial charge is 0.481 e. The smallest absolute Gasteiger partial charge is 0.303 e. The highest BCUT2D eigenvalue weighted by Crippen LogP contribution is 2.66. The first-order valence-electron chi connectivity index (χ1n) is 10.1. The summed E-state index contributed by atoms with van der Waals surface area (Å²) in [6.45, 7) is 4.51. The highest BCUT2D eigenvalue weighted by molar-refractivity contribution is 5.92. The lowest BCUT2D eigenvalue weighted by atomic mass is 9.48. The molecular weight excluding hydrogens is 328 g/mol. The van der Waals surface area contributed by atoms with Crippen LogP contribution >= 0.6 is 0 Å². The summed E-state index contributed by atoms with van der Waals surface area (Å²) in [5, 5.41) is 20.5. The minimum atomic E-state index is -0.867. The number of fused-ring (bicyclic) bond motifs is 5. The SMILES string of the molecule is C[C@@]12CCC(=O)C=C1C=C[C@H]1[C@H]2CC[C@]2(C)[C@@H]1CC[C@@]2(O)CCC(=O)O. The van der Waals surface area contributed by atoms with Crippen LogP contribution in [0.15, 0.2) is 23.8 Å². The molecule has 0 saturated heterocycles. The van der Waals surface area contributed by atoms with Crippen LogP contribution in [0.4, 0.5) is 0 Å². The second-order valence-corrected chi connectivity index (χ2v) is 9.55. The Kier molecular flexibility index (Phi) is 4.00. The molecule has 0 unspecified atom stereocenters. The minimum Gasteiger partial charge on any atom is -0.481 e. The van der Waals surface area contributed by atoms with E-state index in [-0.39, 0.29) is 23.0 Å². The Morgan fingerprint density at radius 1 is 1.19 bits per heavy atom. The average molecular weight is 358 g/mol. The number of carboxylic acid groups (broad SMARTS) is 1. The Hall–Kier alpha value is -1.42. The van der Waals surface area contributed by atoms with Crippen LogP contribution in [0.3, 0.4) is 0 Å². The predicted molar refractivity (Wildman–Crippen MR) is 98.4 cm³/mol. The first-order valence-corrected chi connectivity index (χ1v) is 10.1. The number of carbonyl (C=O) groups excluding carboxylic acids is 1. The van der Waals surface area contributed by atoms with Gasteiger partial charge >= 0.3 is 5.97 Å². The topological polar surface area (TPSA) is 74.6 Å². The van der Waals surface area contributed by atoms with Gasteiger partial charge in [-0.3, -0.25) is 9.59 Å². The molecule has 4 nitrogen and oxygen atoms in total. The van der Waals surface area contributed by atoms with Gasteiger partial charge in [-0.05, 0) is 78.8 Å². The molecule has 26 heavy (non-hydrogen) atoms. The molecule has 4 aliphatic carbocycles. The summed E-state index contributed by atoms with van der Waals surface area (Å²) in [5.74, 6) is 0.748. The Morgan fingerprint density at radius 2 is 1.92 bits per heavy atom. The number of rotatable bonds is 3. The van der Waals surface area contributed by atoms with Crippen LogP contribution in [0.2, 0.25) is 0 Å². The average Bonchev–Trinajstić information content (AvgIpc) is 2.86. The van der Waals surface area contributed by atoms with Crippen molar-refractivity contribution in [3.8, 4) is 0 Å². The molecule has 2 fully saturated rings. The fraction of sp³-hybridized carbons (Fsp3) is 0.727. The summed E-state index contributed by atoms with van der Waals surface area (Å²) in [6, 6.07) is 0. The number of aliphatic hydroxyl groups is 1. The number of carbonyl (C=O) groups is 2. The zero-order valence-electron chi connectivity index (χ0n) is 15.8. The van der Waals surface area contributed by atoms with E-state index in [0.29, 0.717) is 37.0 Å². The van der Waals surface area contributed by atoms with Gasteiger partial charge in [-0.1, -0.05) is 26.0 Å². The highest BCUT2D eigenvalue weighted by Gasteiger charge is 2.62. The van der Waals surface area contributed by atoms with Gasteiger partial charge in [0.2, 0.25) is 0 Å². The van der Waals surface area contributed by atoms with Crippen molar-refractivity contribution in [3.63, 3.8) is 0 Å². The number of allylic oxidation sites excluding steroid dienone is 4. The van der Waals surface area contributed by atoms with Crippen LogP contribution in [0, 0.1) is 28.6 Å². The summed E-state index contributed by atoms with van der Waals surface area (Å²) in [4.78, 5) is 22.9. The zero-order valence-corrected chi connectivity index (χ0v) is 15.8. The second-order valence-electron chi connectivity index (χ2n) is 9.55. The number of carboxylic acids is 1. The maximum Gasteiger partial charge on any atom is 0.303 e. The maximum atomic E-state index is 11.9. The lowest BCUT2D eigenvalue weighted by Crippen LogP contribution is -2.53. The summed E-state index contributed by atoms with van der Waals surface area (Å²) in [6.07, 6.45) is 11.9. The van der Waals surface area contributed by atoms with Crippen LogP contribution < -0.4 is 0 Å². The van der Waals surface area contributed by atoms with Crippen LogP contribution in [0.1, 0.15) is 65.2 Å². The molecule has 2 N–H and O–H groups in total. The molecule has 4 rings (SSSR count). The molecule has 0 spiro atoms. The third-order valence-corrected chi connectivity index (χ3v) is 8.59. The van der Waals surface area contributed by atoms with Crippen molar-refractivity contribution in [2.45, 2.75) is 70.8 Å². The molecular formula is C22H30O4. The van der Waals surface area contributed by atoms with Gasteiger partial charge in [0.05, 0.1) is 5.60 Å². The molecule has 0 aromatic carbocycles. The van der Waals surface area contributed by atoms with E-state index < -0.39 is 11.6 Å². The molecule has 0 radical (unpaired) electrons. The van der Waals surface area contributed by atoms with E-state index in [1.54, 1.807) is 0 Å². The van der Waals surface area contributed by atoms with Crippen LogP contribution in [0.25, 0.3) is 0 Å². The molecule has 2 saturated carbocycles. The lowest BCUT2D eigenvalue weighted by molar-refractivity contribution is -0.144. The van der Waals surface area contributed by atoms with Gasteiger partial charge in [-0.15, -0.1) is 0 Å². The first-order chi connectivity index (χ1) is 12.2. The Bertz CT molecular complexity index is 707. The third kappa shape index (κ3) is 2.37. The summed E-state index contributed by atoms with van der Waals surface area (Å²) in [7, 11) is 0. The molecule has 6 atom stereocenters. The van der Waals surface area contributed by atoms with Gasteiger partial charge in [0, 0.05) is 12.8 Å². The fourth-order valence-electron chi connectivity index (χ4n) is 6.83. The van der Waals surface area contributed by atoms with Gasteiger partial charge in [-0.25, -0.2) is 0 Å². The quantitative estimate of drug-likeness (QED) is 0.802. The van der Waals surface area contributed by atoms with E-state index in [4.69, 9.17) is 5.11 Å². The van der Waals surface area contributed by atoms with Crippen molar-refractivity contribution in [2.75, 3.05) is 0 Å². The number of aliphatic carboxylic acids is 1. The van der Waals surface area contributed by atoms with Crippen molar-refractivity contribution in [2.24, 2.45) is 28.6 Å². The molecule has 0 heterocycles. The maximum absolute atomic E-state index is 11.9. The van der Waals surface area contributed by atoms with Crippen molar-refractivity contribution >= 4 is 11.8 Å². The lowest BCUT2D eigenvalue weighted by Gasteiger charge is -2.57. The molecule has 0 bridgehead atoms. The Morgan fingerprint density at radius 3 is 2.65 bits per heavy atom. The Labute approximate surface area is 155 Å². The van der Waals surface area contributed by atoms with Gasteiger partial charge in [0.1, 0.15) is 0 Å². The van der Waals surface area contributed by atoms with E-state index in [2.05, 4.69) is 26.0 Å². The van der Waals surface area contributed by atoms with E-state index >= 15 is 0 Å². The van der Waals surface area contributed by atoms with Crippen molar-refractivity contribution in [1.29, 1.82) is 0 Å². The number of ketones is 1. The second kappa shape index (κ2) is 5.79. The normalized spacial score (nSPS) is 47.0. The molecule has 142 valence electrons. The van der Waals surface area contributed by atoms with Gasteiger partial charge in [0.25, 0.3) is 0 Å². The molecule has 0 aliphatic heterocycles. The summed E-state index contributed by atoms with van der Waals surface area (Å²) < 4.78 is 0. The van der Waals surface area contributed by atoms with Crippen molar-refractivity contribution in [3.05, 3.63) is 23.8 Å². The standard InChI is InChI=1S/C22H30O4/c1-20-9-5-15(23)13-14(20)3-4-16-17(20)6-10-21(2)18(16)7-11-22(21,26)12-8-19(24)25/h3-4,13,16-18,26H,5-12H2,1-2H3,(H,24,25)/t16-,17+,18+,20+,21+,22+/m0/s1. The van der Waals surface area contributed by atoms with Gasteiger partial charge in [-0.2, -0.15) is 0 Å². The minimum absolute atomic E-state index is 0.0372. The highest BCUT2D eigenvalue weighted by atomic mass is 16.4. The van der Waals surface area contributed by atoms with E-state index in [0.717, 1.165) is 25.7 Å². The van der Waals surface area contributed by atoms with Gasteiger partial charge in [0.15, 0.2) is 5.78 Å². The molecule has 0 amide bonds. The van der Waals surface area contributed by atoms with Gasteiger partial charge < -0.3 is 10.2 Å². The summed E-state index contributed by atoms with van der Waals surface area (Å²) >= 11 is 0. The molecule has 0 aromatic rings. The predicted octanol–water partition coefficient (Wildman–Crippen LogP) is 3.89. The number of hydrogen-bond acceptors (Lipinski definition) is 3. The first kappa shape index (κ1) is 18.0. The third-order valence-electron chi connectivity index (χ3n) is 8.59. The molecule has 4 heteroatoms. The fourth-order valence-corrected chi connectivity index (χ4v) is 6.83. The molecule has 0 aromatic heterocycles. The number of hydrogen-bond donors (Lipinski definition) is 2. The van der Waals surface area contributed by atoms with Crippen LogP contribution in [-0.2, 0) is 9.59 Å². The van der Waals surface area contributed by atoms with Crippen molar-refractivity contribution in [1.82, 2.24) is 0 Å². The molecule has 4 aliphatic rings. The van der Waals surface area contributed by atoms with E-state index in [1.807, 2.05) is 6.08 Å². The monoisotopic (exact) mass is 358 g/mol.